The summed E-state index contributed by atoms with van der Waals surface area (Å²) in [5, 5.41) is 6.14. The number of carbonyl (C=O) groups is 1. The lowest BCUT2D eigenvalue weighted by molar-refractivity contribution is 0.102. The second-order valence-corrected chi connectivity index (χ2v) is 6.35. The van der Waals surface area contributed by atoms with Crippen LogP contribution in [0.1, 0.15) is 34.4 Å². The molecule has 2 aromatic carbocycles. The third-order valence-corrected chi connectivity index (χ3v) is 4.23. The minimum Gasteiger partial charge on any atom is -0.492 e. The number of hydrogen-bond donors (Lipinski definition) is 2. The molecule has 0 unspecified atom stereocenters. The fourth-order valence-electron chi connectivity index (χ4n) is 2.81. The first-order valence-electron chi connectivity index (χ1n) is 9.24. The van der Waals surface area contributed by atoms with E-state index in [0.29, 0.717) is 41.9 Å². The average molecular weight is 376 g/mol. The highest BCUT2D eigenvalue weighted by Gasteiger charge is 2.13. The number of nitrogens with one attached hydrogen (secondary N) is 2. The zero-order valence-electron chi connectivity index (χ0n) is 16.3. The molecule has 1 aromatic heterocycles. The highest BCUT2D eigenvalue weighted by Crippen LogP contribution is 2.24. The molecule has 0 radical (unpaired) electrons. The van der Waals surface area contributed by atoms with Crippen molar-refractivity contribution >= 4 is 17.4 Å². The standard InChI is InChI=1S/C22H24N4O2/c1-4-28-20-12-8-7-11-18(20)26-22(27)19-13-21(25-16(3)24-19)23-14-17-10-6-5-9-15(17)2/h5-13H,4,14H2,1-3H3,(H,26,27)(H,23,24,25). The number of hydrogen-bond acceptors (Lipinski definition) is 5. The number of carbonyl (C=O) groups excluding carboxylic acids is 1. The van der Waals surface area contributed by atoms with Crippen molar-refractivity contribution in [1.29, 1.82) is 0 Å². The van der Waals surface area contributed by atoms with Crippen molar-refractivity contribution in [2.75, 3.05) is 17.2 Å². The first-order chi connectivity index (χ1) is 13.6. The van der Waals surface area contributed by atoms with Crippen molar-refractivity contribution in [1.82, 2.24) is 9.97 Å². The second-order valence-electron chi connectivity index (χ2n) is 6.35. The zero-order valence-corrected chi connectivity index (χ0v) is 16.3. The molecule has 0 saturated heterocycles. The van der Waals surface area contributed by atoms with E-state index in [1.54, 1.807) is 19.1 Å². The number of ether oxygens (including phenoxy) is 1. The summed E-state index contributed by atoms with van der Waals surface area (Å²) in [5.41, 5.74) is 3.29. The van der Waals surface area contributed by atoms with E-state index in [4.69, 9.17) is 4.74 Å². The van der Waals surface area contributed by atoms with Crippen LogP contribution >= 0.6 is 0 Å². The number of aryl methyl sites for hydroxylation is 2. The normalized spacial score (nSPS) is 10.4. The van der Waals surface area contributed by atoms with Gasteiger partial charge in [-0.05, 0) is 44.0 Å². The van der Waals surface area contributed by atoms with Gasteiger partial charge in [0.2, 0.25) is 0 Å². The van der Waals surface area contributed by atoms with Gasteiger partial charge in [-0.25, -0.2) is 9.97 Å². The van der Waals surface area contributed by atoms with E-state index in [9.17, 15) is 4.79 Å². The Morgan fingerprint density at radius 1 is 1.04 bits per heavy atom. The van der Waals surface area contributed by atoms with Gasteiger partial charge in [0.1, 0.15) is 23.1 Å². The van der Waals surface area contributed by atoms with Crippen molar-refractivity contribution in [3.05, 3.63) is 77.2 Å². The van der Waals surface area contributed by atoms with Crippen LogP contribution in [-0.2, 0) is 6.54 Å². The van der Waals surface area contributed by atoms with E-state index in [-0.39, 0.29) is 5.91 Å². The first-order valence-corrected chi connectivity index (χ1v) is 9.24. The molecular weight excluding hydrogens is 352 g/mol. The van der Waals surface area contributed by atoms with E-state index < -0.39 is 0 Å². The molecule has 0 bridgehead atoms. The van der Waals surface area contributed by atoms with Crippen molar-refractivity contribution in [3.8, 4) is 5.75 Å². The molecule has 6 heteroatoms. The Morgan fingerprint density at radius 2 is 1.79 bits per heavy atom. The molecule has 144 valence electrons. The van der Waals surface area contributed by atoms with Gasteiger partial charge in [-0.2, -0.15) is 0 Å². The number of amides is 1. The van der Waals surface area contributed by atoms with Gasteiger partial charge in [0.05, 0.1) is 12.3 Å². The smallest absolute Gasteiger partial charge is 0.274 e. The van der Waals surface area contributed by atoms with Crippen LogP contribution in [0.5, 0.6) is 5.75 Å². The van der Waals surface area contributed by atoms with Crippen LogP contribution in [0.25, 0.3) is 0 Å². The van der Waals surface area contributed by atoms with Crippen LogP contribution in [0.15, 0.2) is 54.6 Å². The SMILES string of the molecule is CCOc1ccccc1NC(=O)c1cc(NCc2ccccc2C)nc(C)n1. The Bertz CT molecular complexity index is 972. The van der Waals surface area contributed by atoms with Crippen LogP contribution in [-0.4, -0.2) is 22.5 Å². The summed E-state index contributed by atoms with van der Waals surface area (Å²) >= 11 is 0. The summed E-state index contributed by atoms with van der Waals surface area (Å²) in [6.45, 7) is 6.88. The second kappa shape index (κ2) is 8.99. The van der Waals surface area contributed by atoms with Crippen molar-refractivity contribution in [2.45, 2.75) is 27.3 Å². The molecule has 3 rings (SSSR count). The highest BCUT2D eigenvalue weighted by molar-refractivity contribution is 6.04. The summed E-state index contributed by atoms with van der Waals surface area (Å²) in [6.07, 6.45) is 0. The van der Waals surface area contributed by atoms with Crippen LogP contribution in [0, 0.1) is 13.8 Å². The summed E-state index contributed by atoms with van der Waals surface area (Å²) in [6, 6.07) is 17.1. The highest BCUT2D eigenvalue weighted by atomic mass is 16.5. The van der Waals surface area contributed by atoms with E-state index in [1.807, 2.05) is 37.3 Å². The number of para-hydroxylation sites is 2. The maximum absolute atomic E-state index is 12.7. The molecule has 6 nitrogen and oxygen atoms in total. The number of benzene rings is 2. The molecule has 28 heavy (non-hydrogen) atoms. The molecule has 0 fully saturated rings. The lowest BCUT2D eigenvalue weighted by atomic mass is 10.1. The Morgan fingerprint density at radius 3 is 2.57 bits per heavy atom. The minimum atomic E-state index is -0.309. The van der Waals surface area contributed by atoms with Crippen molar-refractivity contribution in [2.24, 2.45) is 0 Å². The van der Waals surface area contributed by atoms with Gasteiger partial charge >= 0.3 is 0 Å². The topological polar surface area (TPSA) is 76.1 Å². The van der Waals surface area contributed by atoms with E-state index >= 15 is 0 Å². The summed E-state index contributed by atoms with van der Waals surface area (Å²) < 4.78 is 5.56. The van der Waals surface area contributed by atoms with Gasteiger partial charge in [-0.15, -0.1) is 0 Å². The number of rotatable bonds is 7. The minimum absolute atomic E-state index is 0.297. The largest absolute Gasteiger partial charge is 0.492 e. The predicted octanol–water partition coefficient (Wildman–Crippen LogP) is 4.36. The van der Waals surface area contributed by atoms with Crippen LogP contribution in [0.4, 0.5) is 11.5 Å². The Hall–Kier alpha value is -3.41. The van der Waals surface area contributed by atoms with Crippen molar-refractivity contribution < 1.29 is 9.53 Å². The molecule has 1 amide bonds. The summed E-state index contributed by atoms with van der Waals surface area (Å²) in [5.74, 6) is 1.45. The fraction of sp³-hybridized carbons (Fsp3) is 0.227. The molecule has 0 atom stereocenters. The zero-order chi connectivity index (χ0) is 19.9. The third-order valence-electron chi connectivity index (χ3n) is 4.23. The average Bonchev–Trinajstić information content (AvgIpc) is 2.68. The molecule has 3 aromatic rings. The molecule has 1 heterocycles. The van der Waals surface area contributed by atoms with Gasteiger partial charge in [-0.3, -0.25) is 4.79 Å². The Labute approximate surface area is 165 Å². The van der Waals surface area contributed by atoms with Crippen LogP contribution in [0.3, 0.4) is 0 Å². The summed E-state index contributed by atoms with van der Waals surface area (Å²) in [4.78, 5) is 21.4. The Balaban J connectivity index is 1.75. The molecule has 0 aliphatic rings. The monoisotopic (exact) mass is 376 g/mol. The van der Waals surface area contributed by atoms with E-state index in [0.717, 1.165) is 0 Å². The number of anilines is 2. The lowest BCUT2D eigenvalue weighted by Gasteiger charge is -2.12. The van der Waals surface area contributed by atoms with Gasteiger partial charge in [-0.1, -0.05) is 36.4 Å². The van der Waals surface area contributed by atoms with Gasteiger partial charge < -0.3 is 15.4 Å². The van der Waals surface area contributed by atoms with Gasteiger partial charge in [0.25, 0.3) is 5.91 Å². The lowest BCUT2D eigenvalue weighted by Crippen LogP contribution is -2.16. The van der Waals surface area contributed by atoms with Crippen LogP contribution < -0.4 is 15.4 Å². The number of nitrogens with zero attached hydrogens (tertiary/aromatic N) is 2. The van der Waals surface area contributed by atoms with Gasteiger partial charge in [0.15, 0.2) is 0 Å². The quantitative estimate of drug-likeness (QED) is 0.641. The molecule has 2 N–H and O–H groups in total. The van der Waals surface area contributed by atoms with Crippen molar-refractivity contribution in [3.63, 3.8) is 0 Å². The number of aromatic nitrogens is 2. The van der Waals surface area contributed by atoms with E-state index in [2.05, 4.69) is 39.7 Å². The summed E-state index contributed by atoms with van der Waals surface area (Å²) in [7, 11) is 0. The van der Waals surface area contributed by atoms with Gasteiger partial charge in [0, 0.05) is 12.6 Å². The first kappa shape index (κ1) is 19.4. The molecule has 0 aliphatic carbocycles. The van der Waals surface area contributed by atoms with E-state index in [1.165, 1.54) is 11.1 Å². The van der Waals surface area contributed by atoms with Crippen LogP contribution in [0.2, 0.25) is 0 Å². The molecular formula is C22H24N4O2. The molecule has 0 spiro atoms. The molecule has 0 aliphatic heterocycles. The maximum Gasteiger partial charge on any atom is 0.274 e. The third kappa shape index (κ3) is 4.85. The Kier molecular flexibility index (Phi) is 6.22. The molecule has 0 saturated carbocycles. The fourth-order valence-corrected chi connectivity index (χ4v) is 2.81. The predicted molar refractivity (Wildman–Crippen MR) is 111 cm³/mol. The maximum atomic E-state index is 12.7.